The van der Waals surface area contributed by atoms with Gasteiger partial charge in [-0.05, 0) is 6.07 Å². The van der Waals surface area contributed by atoms with E-state index in [2.05, 4.69) is 14.8 Å². The maximum atomic E-state index is 11.4. The highest BCUT2D eigenvalue weighted by Gasteiger charge is 2.16. The van der Waals surface area contributed by atoms with Gasteiger partial charge in [0.1, 0.15) is 0 Å². The normalized spacial score (nSPS) is 10.3. The maximum Gasteiger partial charge on any atom is 0.358 e. The zero-order valence-corrected chi connectivity index (χ0v) is 11.4. The van der Waals surface area contributed by atoms with Crippen LogP contribution in [-0.2, 0) is 11.8 Å². The number of pyridine rings is 1. The first-order valence-corrected chi connectivity index (χ1v) is 5.77. The predicted molar refractivity (Wildman–Crippen MR) is 69.3 cm³/mol. The van der Waals surface area contributed by atoms with Crippen LogP contribution in [0, 0.1) is 0 Å². The lowest BCUT2D eigenvalue weighted by atomic mass is 10.2. The number of halogens is 1. The molecule has 2 aromatic rings. The van der Waals surface area contributed by atoms with Crippen LogP contribution in [0.15, 0.2) is 18.3 Å². The molecule has 0 N–H and O–H groups in total. The number of ether oxygens (including phenoxy) is 2. The summed E-state index contributed by atoms with van der Waals surface area (Å²) in [6.45, 7) is 0. The number of aryl methyl sites for hydroxylation is 1. The molecule has 0 saturated carbocycles. The number of hydrogen-bond donors (Lipinski definition) is 0. The van der Waals surface area contributed by atoms with E-state index in [4.69, 9.17) is 16.3 Å². The van der Waals surface area contributed by atoms with E-state index in [9.17, 15) is 4.79 Å². The molecule has 0 aromatic carbocycles. The summed E-state index contributed by atoms with van der Waals surface area (Å²) in [5, 5.41) is 4.53. The van der Waals surface area contributed by atoms with Crippen LogP contribution in [0.1, 0.15) is 10.5 Å². The fraction of sp³-hybridized carbons (Fsp3) is 0.250. The van der Waals surface area contributed by atoms with Gasteiger partial charge in [0.15, 0.2) is 5.69 Å². The van der Waals surface area contributed by atoms with Gasteiger partial charge in [0.2, 0.25) is 5.88 Å². The topological polar surface area (TPSA) is 66.2 Å². The van der Waals surface area contributed by atoms with E-state index in [-0.39, 0.29) is 5.69 Å². The molecule has 0 atom stereocenters. The van der Waals surface area contributed by atoms with Crippen molar-refractivity contribution in [2.75, 3.05) is 14.2 Å². The standard InChI is InChI=1S/C12H12ClN3O3/c1-16-10(5-9(15-16)12(17)19-3)7-6-14-11(18-2)4-8(7)13/h4-6H,1-3H3. The van der Waals surface area contributed by atoms with Crippen molar-refractivity contribution >= 4 is 17.6 Å². The average Bonchev–Trinajstić information content (AvgIpc) is 2.79. The minimum Gasteiger partial charge on any atom is -0.481 e. The summed E-state index contributed by atoms with van der Waals surface area (Å²) >= 11 is 6.16. The van der Waals surface area contributed by atoms with Crippen LogP contribution < -0.4 is 4.74 Å². The monoisotopic (exact) mass is 281 g/mol. The van der Waals surface area contributed by atoms with Gasteiger partial charge in [0.25, 0.3) is 0 Å². The third kappa shape index (κ3) is 2.53. The van der Waals surface area contributed by atoms with Crippen molar-refractivity contribution in [2.24, 2.45) is 7.05 Å². The lowest BCUT2D eigenvalue weighted by Gasteiger charge is -2.05. The molecule has 0 saturated heterocycles. The lowest BCUT2D eigenvalue weighted by Crippen LogP contribution is -2.03. The summed E-state index contributed by atoms with van der Waals surface area (Å²) in [5.74, 6) is -0.0800. The van der Waals surface area contributed by atoms with E-state index in [1.54, 1.807) is 30.1 Å². The van der Waals surface area contributed by atoms with Gasteiger partial charge in [0.05, 0.1) is 24.9 Å². The van der Waals surface area contributed by atoms with E-state index in [1.165, 1.54) is 14.2 Å². The minimum absolute atomic E-state index is 0.215. The van der Waals surface area contributed by atoms with Gasteiger partial charge in [-0.1, -0.05) is 11.6 Å². The average molecular weight is 282 g/mol. The van der Waals surface area contributed by atoms with Crippen molar-refractivity contribution in [3.63, 3.8) is 0 Å². The Bertz CT molecular complexity index is 625. The number of hydrogen-bond acceptors (Lipinski definition) is 5. The van der Waals surface area contributed by atoms with Gasteiger partial charge < -0.3 is 9.47 Å². The van der Waals surface area contributed by atoms with Crippen molar-refractivity contribution in [2.45, 2.75) is 0 Å². The highest BCUT2D eigenvalue weighted by Crippen LogP contribution is 2.29. The van der Waals surface area contributed by atoms with E-state index in [1.807, 2.05) is 0 Å². The molecule has 100 valence electrons. The highest BCUT2D eigenvalue weighted by atomic mass is 35.5. The summed E-state index contributed by atoms with van der Waals surface area (Å²) in [7, 11) is 4.53. The fourth-order valence-corrected chi connectivity index (χ4v) is 1.88. The molecular formula is C12H12ClN3O3. The molecule has 2 heterocycles. The van der Waals surface area contributed by atoms with Crippen molar-refractivity contribution in [1.82, 2.24) is 14.8 Å². The number of esters is 1. The summed E-state index contributed by atoms with van der Waals surface area (Å²) in [6.07, 6.45) is 1.57. The Labute approximate surface area is 114 Å². The second-order valence-electron chi connectivity index (χ2n) is 3.74. The van der Waals surface area contributed by atoms with E-state index in [0.717, 1.165) is 0 Å². The van der Waals surface area contributed by atoms with Crippen molar-refractivity contribution in [3.05, 3.63) is 29.0 Å². The van der Waals surface area contributed by atoms with Gasteiger partial charge in [-0.25, -0.2) is 9.78 Å². The summed E-state index contributed by atoms with van der Waals surface area (Å²) in [5.41, 5.74) is 1.54. The first-order valence-electron chi connectivity index (χ1n) is 5.39. The van der Waals surface area contributed by atoms with Crippen molar-refractivity contribution in [3.8, 4) is 17.1 Å². The summed E-state index contributed by atoms with van der Waals surface area (Å²) in [4.78, 5) is 15.5. The third-order valence-corrected chi connectivity index (χ3v) is 2.90. The highest BCUT2D eigenvalue weighted by molar-refractivity contribution is 6.33. The SMILES string of the molecule is COC(=O)c1cc(-c2cnc(OC)cc2Cl)n(C)n1. The van der Waals surface area contributed by atoms with Crippen LogP contribution in [0.3, 0.4) is 0 Å². The molecule has 19 heavy (non-hydrogen) atoms. The van der Waals surface area contributed by atoms with Gasteiger partial charge in [-0.15, -0.1) is 0 Å². The van der Waals surface area contributed by atoms with Crippen LogP contribution in [0.4, 0.5) is 0 Å². The first kappa shape index (κ1) is 13.4. The summed E-state index contributed by atoms with van der Waals surface area (Å²) in [6, 6.07) is 3.20. The van der Waals surface area contributed by atoms with Crippen molar-refractivity contribution in [1.29, 1.82) is 0 Å². The van der Waals surface area contributed by atoms with Gasteiger partial charge in [-0.2, -0.15) is 5.10 Å². The molecule has 0 radical (unpaired) electrons. The predicted octanol–water partition coefficient (Wildman–Crippen LogP) is 1.93. The van der Waals surface area contributed by atoms with Crippen LogP contribution in [0.25, 0.3) is 11.3 Å². The second-order valence-corrected chi connectivity index (χ2v) is 4.14. The number of aromatic nitrogens is 3. The Morgan fingerprint density at radius 1 is 1.37 bits per heavy atom. The molecule has 0 bridgehead atoms. The zero-order valence-electron chi connectivity index (χ0n) is 10.7. The molecule has 7 heteroatoms. The molecule has 0 aliphatic carbocycles. The Kier molecular flexibility index (Phi) is 3.71. The van der Waals surface area contributed by atoms with Crippen LogP contribution >= 0.6 is 11.6 Å². The number of carbonyl (C=O) groups excluding carboxylic acids is 1. The lowest BCUT2D eigenvalue weighted by molar-refractivity contribution is 0.0593. The first-order chi connectivity index (χ1) is 9.06. The maximum absolute atomic E-state index is 11.4. The Morgan fingerprint density at radius 3 is 2.68 bits per heavy atom. The number of nitrogens with zero attached hydrogens (tertiary/aromatic N) is 3. The Hall–Kier alpha value is -2.08. The molecule has 0 unspecified atom stereocenters. The smallest absolute Gasteiger partial charge is 0.358 e. The Morgan fingerprint density at radius 2 is 2.11 bits per heavy atom. The largest absolute Gasteiger partial charge is 0.481 e. The number of carbonyl (C=O) groups is 1. The van der Waals surface area contributed by atoms with Crippen LogP contribution in [-0.4, -0.2) is 35.0 Å². The molecule has 0 aliphatic heterocycles. The molecule has 2 aromatic heterocycles. The zero-order chi connectivity index (χ0) is 14.0. The van der Waals surface area contributed by atoms with E-state index < -0.39 is 5.97 Å². The van der Waals surface area contributed by atoms with E-state index in [0.29, 0.717) is 22.2 Å². The molecule has 0 fully saturated rings. The van der Waals surface area contributed by atoms with Crippen LogP contribution in [0.2, 0.25) is 5.02 Å². The second kappa shape index (κ2) is 5.27. The molecule has 0 aliphatic rings. The fourth-order valence-electron chi connectivity index (χ4n) is 1.64. The van der Waals surface area contributed by atoms with Gasteiger partial charge in [-0.3, -0.25) is 4.68 Å². The quantitative estimate of drug-likeness (QED) is 0.804. The molecular weight excluding hydrogens is 270 g/mol. The Balaban J connectivity index is 2.47. The van der Waals surface area contributed by atoms with E-state index >= 15 is 0 Å². The van der Waals surface area contributed by atoms with Gasteiger partial charge >= 0.3 is 5.97 Å². The molecule has 6 nitrogen and oxygen atoms in total. The van der Waals surface area contributed by atoms with Crippen LogP contribution in [0.5, 0.6) is 5.88 Å². The molecule has 0 amide bonds. The minimum atomic E-state index is -0.501. The molecule has 2 rings (SSSR count). The molecule has 0 spiro atoms. The summed E-state index contributed by atoms with van der Waals surface area (Å²) < 4.78 is 11.2. The van der Waals surface area contributed by atoms with Gasteiger partial charge in [0, 0.05) is 24.9 Å². The number of rotatable bonds is 3. The number of methoxy groups -OCH3 is 2. The van der Waals surface area contributed by atoms with Crippen molar-refractivity contribution < 1.29 is 14.3 Å². The third-order valence-electron chi connectivity index (χ3n) is 2.59.